The van der Waals surface area contributed by atoms with E-state index in [4.69, 9.17) is 0 Å². The Balaban J connectivity index is 1.92. The molecule has 1 N–H and O–H groups in total. The molecule has 0 radical (unpaired) electrons. The number of halogens is 1. The molecule has 2 heteroatoms. The van der Waals surface area contributed by atoms with Gasteiger partial charge >= 0.3 is 0 Å². The topological polar surface area (TPSA) is 12.0 Å². The highest BCUT2D eigenvalue weighted by molar-refractivity contribution is 9.10. The molecule has 0 aromatic heterocycles. The minimum absolute atomic E-state index is 0.269. The van der Waals surface area contributed by atoms with E-state index in [0.717, 1.165) is 19.5 Å². The first-order chi connectivity index (χ1) is 8.80. The van der Waals surface area contributed by atoms with Crippen molar-refractivity contribution in [3.05, 3.63) is 70.2 Å². The lowest BCUT2D eigenvalue weighted by molar-refractivity contribution is 0.274. The first kappa shape index (κ1) is 11.9. The highest BCUT2D eigenvalue weighted by Gasteiger charge is 2.38. The molecule has 0 aliphatic carbocycles. The van der Waals surface area contributed by atoms with Crippen molar-refractivity contribution in [1.82, 2.24) is 5.32 Å². The Morgan fingerprint density at radius 1 is 0.944 bits per heavy atom. The van der Waals surface area contributed by atoms with Crippen molar-refractivity contribution in [1.29, 1.82) is 0 Å². The molecule has 0 unspecified atom stereocenters. The maximum absolute atomic E-state index is 3.65. The summed E-state index contributed by atoms with van der Waals surface area (Å²) in [5, 5.41) is 3.42. The van der Waals surface area contributed by atoms with Crippen molar-refractivity contribution in [2.75, 3.05) is 13.1 Å². The van der Waals surface area contributed by atoms with Crippen molar-refractivity contribution in [2.24, 2.45) is 0 Å². The van der Waals surface area contributed by atoms with Gasteiger partial charge in [-0.05, 0) is 23.6 Å². The van der Waals surface area contributed by atoms with Gasteiger partial charge in [0.15, 0.2) is 0 Å². The molecule has 1 fully saturated rings. The molecule has 92 valence electrons. The number of hydrogen-bond donors (Lipinski definition) is 1. The summed E-state index contributed by atoms with van der Waals surface area (Å²) in [4.78, 5) is 0. The smallest absolute Gasteiger partial charge is 0.0243 e. The minimum atomic E-state index is 0.269. The van der Waals surface area contributed by atoms with E-state index in [1.165, 1.54) is 15.6 Å². The number of rotatable bonds is 3. The standard InChI is InChI=1S/C16H16BrN/c17-15-9-5-4-6-13(15)10-16(11-18-12-16)14-7-2-1-3-8-14/h1-9,18H,10-12H2. The van der Waals surface area contributed by atoms with Crippen LogP contribution in [0.3, 0.4) is 0 Å². The quantitative estimate of drug-likeness (QED) is 0.914. The van der Waals surface area contributed by atoms with Gasteiger partial charge in [0.25, 0.3) is 0 Å². The van der Waals surface area contributed by atoms with Gasteiger partial charge in [0.05, 0.1) is 0 Å². The van der Waals surface area contributed by atoms with Crippen LogP contribution in [0.15, 0.2) is 59.1 Å². The van der Waals surface area contributed by atoms with Crippen molar-refractivity contribution in [3.63, 3.8) is 0 Å². The van der Waals surface area contributed by atoms with Gasteiger partial charge in [-0.3, -0.25) is 0 Å². The Bertz CT molecular complexity index is 532. The van der Waals surface area contributed by atoms with Crippen LogP contribution in [0.1, 0.15) is 11.1 Å². The molecule has 1 nitrogen and oxygen atoms in total. The van der Waals surface area contributed by atoms with E-state index < -0.39 is 0 Å². The molecule has 1 aliphatic rings. The summed E-state index contributed by atoms with van der Waals surface area (Å²) in [7, 11) is 0. The molecule has 1 aliphatic heterocycles. The monoisotopic (exact) mass is 301 g/mol. The van der Waals surface area contributed by atoms with E-state index in [2.05, 4.69) is 75.8 Å². The molecule has 0 saturated carbocycles. The number of nitrogens with one attached hydrogen (secondary N) is 1. The van der Waals surface area contributed by atoms with Crippen molar-refractivity contribution in [3.8, 4) is 0 Å². The van der Waals surface area contributed by atoms with Crippen molar-refractivity contribution < 1.29 is 0 Å². The first-order valence-corrected chi connectivity index (χ1v) is 7.09. The minimum Gasteiger partial charge on any atom is -0.315 e. The normalized spacial score (nSPS) is 17.2. The molecule has 0 amide bonds. The van der Waals surface area contributed by atoms with Gasteiger partial charge in [0.1, 0.15) is 0 Å². The maximum atomic E-state index is 3.65. The first-order valence-electron chi connectivity index (χ1n) is 6.30. The van der Waals surface area contributed by atoms with E-state index in [1.54, 1.807) is 0 Å². The Morgan fingerprint density at radius 2 is 1.61 bits per heavy atom. The molecule has 18 heavy (non-hydrogen) atoms. The Kier molecular flexibility index (Phi) is 3.23. The van der Waals surface area contributed by atoms with Gasteiger partial charge in [0.2, 0.25) is 0 Å². The summed E-state index contributed by atoms with van der Waals surface area (Å²) in [5.74, 6) is 0. The van der Waals surface area contributed by atoms with Crippen LogP contribution in [0.25, 0.3) is 0 Å². The lowest BCUT2D eigenvalue weighted by Crippen LogP contribution is -2.58. The fourth-order valence-electron chi connectivity index (χ4n) is 2.66. The zero-order chi connectivity index (χ0) is 12.4. The molecule has 2 aromatic rings. The van der Waals surface area contributed by atoms with Crippen molar-refractivity contribution in [2.45, 2.75) is 11.8 Å². The van der Waals surface area contributed by atoms with E-state index in [9.17, 15) is 0 Å². The van der Waals surface area contributed by atoms with Gasteiger partial charge in [-0.1, -0.05) is 64.5 Å². The molecule has 0 bridgehead atoms. The average molecular weight is 302 g/mol. The predicted molar refractivity (Wildman–Crippen MR) is 78.8 cm³/mol. The van der Waals surface area contributed by atoms with E-state index >= 15 is 0 Å². The van der Waals surface area contributed by atoms with E-state index in [-0.39, 0.29) is 5.41 Å². The highest BCUT2D eigenvalue weighted by Crippen LogP contribution is 2.34. The number of benzene rings is 2. The van der Waals surface area contributed by atoms with Crippen LogP contribution in [0.2, 0.25) is 0 Å². The summed E-state index contributed by atoms with van der Waals surface area (Å²) < 4.78 is 1.22. The Labute approximate surface area is 116 Å². The molecular formula is C16H16BrN. The summed E-state index contributed by atoms with van der Waals surface area (Å²) >= 11 is 3.65. The number of hydrogen-bond acceptors (Lipinski definition) is 1. The lowest BCUT2D eigenvalue weighted by atomic mass is 9.71. The molecule has 3 rings (SSSR count). The predicted octanol–water partition coefficient (Wildman–Crippen LogP) is 3.53. The molecule has 1 heterocycles. The zero-order valence-electron chi connectivity index (χ0n) is 10.2. The zero-order valence-corrected chi connectivity index (χ0v) is 11.8. The average Bonchev–Trinajstić information content (AvgIpc) is 2.37. The second kappa shape index (κ2) is 4.87. The fraction of sp³-hybridized carbons (Fsp3) is 0.250. The highest BCUT2D eigenvalue weighted by atomic mass is 79.9. The van der Waals surface area contributed by atoms with Crippen LogP contribution >= 0.6 is 15.9 Å². The second-order valence-electron chi connectivity index (χ2n) is 5.02. The summed E-state index contributed by atoms with van der Waals surface area (Å²) in [6.07, 6.45) is 1.09. The van der Waals surface area contributed by atoms with Gasteiger partial charge < -0.3 is 5.32 Å². The van der Waals surface area contributed by atoms with Gasteiger partial charge in [0, 0.05) is 23.0 Å². The molecule has 2 aromatic carbocycles. The second-order valence-corrected chi connectivity index (χ2v) is 5.87. The lowest BCUT2D eigenvalue weighted by Gasteiger charge is -2.43. The molecule has 0 spiro atoms. The van der Waals surface area contributed by atoms with Crippen LogP contribution in [0.5, 0.6) is 0 Å². The summed E-state index contributed by atoms with van der Waals surface area (Å²) in [6.45, 7) is 2.14. The van der Waals surface area contributed by atoms with Gasteiger partial charge in [-0.2, -0.15) is 0 Å². The summed E-state index contributed by atoms with van der Waals surface area (Å²) in [5.41, 5.74) is 3.10. The fourth-order valence-corrected chi connectivity index (χ4v) is 3.08. The van der Waals surface area contributed by atoms with Crippen LogP contribution < -0.4 is 5.32 Å². The van der Waals surface area contributed by atoms with Gasteiger partial charge in [-0.25, -0.2) is 0 Å². The molecule has 0 atom stereocenters. The van der Waals surface area contributed by atoms with Gasteiger partial charge in [-0.15, -0.1) is 0 Å². The van der Waals surface area contributed by atoms with Crippen LogP contribution in [0, 0.1) is 0 Å². The SMILES string of the molecule is Brc1ccccc1CC1(c2ccccc2)CNC1. The summed E-state index contributed by atoms with van der Waals surface area (Å²) in [6, 6.07) is 19.4. The van der Waals surface area contributed by atoms with Crippen molar-refractivity contribution >= 4 is 15.9 Å². The molecule has 1 saturated heterocycles. The Morgan fingerprint density at radius 3 is 2.22 bits per heavy atom. The maximum Gasteiger partial charge on any atom is 0.0243 e. The third-order valence-corrected chi connectivity index (χ3v) is 4.57. The van der Waals surface area contributed by atoms with Crippen LogP contribution in [-0.2, 0) is 11.8 Å². The third kappa shape index (κ3) is 2.11. The Hall–Kier alpha value is -1.12. The van der Waals surface area contributed by atoms with E-state index in [0.29, 0.717) is 0 Å². The molecular weight excluding hydrogens is 286 g/mol. The van der Waals surface area contributed by atoms with Crippen LogP contribution in [-0.4, -0.2) is 13.1 Å². The van der Waals surface area contributed by atoms with Crippen LogP contribution in [0.4, 0.5) is 0 Å². The third-order valence-electron chi connectivity index (χ3n) is 3.80. The van der Waals surface area contributed by atoms with E-state index in [1.807, 2.05) is 0 Å². The largest absolute Gasteiger partial charge is 0.315 e.